The zero-order valence-electron chi connectivity index (χ0n) is 8.12. The Balaban J connectivity index is 2.34. The van der Waals surface area contributed by atoms with Crippen molar-refractivity contribution < 1.29 is 22.7 Å². The zero-order valence-corrected chi connectivity index (χ0v) is 8.12. The van der Waals surface area contributed by atoms with Gasteiger partial charge in [-0.1, -0.05) is 0 Å². The van der Waals surface area contributed by atoms with Crippen molar-refractivity contribution in [2.45, 2.75) is 12.7 Å². The summed E-state index contributed by atoms with van der Waals surface area (Å²) < 4.78 is 42.4. The van der Waals surface area contributed by atoms with Crippen molar-refractivity contribution in [3.8, 4) is 5.75 Å². The Morgan fingerprint density at radius 1 is 1.38 bits per heavy atom. The predicted octanol–water partition coefficient (Wildman–Crippen LogP) is 2.01. The van der Waals surface area contributed by atoms with Gasteiger partial charge < -0.3 is 9.64 Å². The first kappa shape index (κ1) is 10.8. The smallest absolute Gasteiger partial charge is 0.416 e. The number of alkyl halides is 3. The number of halogens is 3. The van der Waals surface area contributed by atoms with Gasteiger partial charge in [-0.3, -0.25) is 4.79 Å². The molecule has 1 heterocycles. The van der Waals surface area contributed by atoms with Crippen LogP contribution < -0.4 is 4.74 Å². The molecule has 1 aliphatic heterocycles. The molecule has 0 N–H and O–H groups in total. The van der Waals surface area contributed by atoms with E-state index in [2.05, 4.69) is 0 Å². The molecule has 0 radical (unpaired) electrons. The Morgan fingerprint density at radius 2 is 2.12 bits per heavy atom. The highest BCUT2D eigenvalue weighted by atomic mass is 19.4. The van der Waals surface area contributed by atoms with Gasteiger partial charge in [0.05, 0.1) is 12.1 Å². The average Bonchev–Trinajstić information content (AvgIpc) is 2.26. The standard InChI is InChI=1S/C10H8F3NO2/c11-10(12,13)8-1-2-9-7(3-8)4-14(5-15)6-16-9/h1-3,5H,4,6H2. The van der Waals surface area contributed by atoms with E-state index in [0.717, 1.165) is 12.1 Å². The number of ether oxygens (including phenoxy) is 1. The molecule has 0 atom stereocenters. The summed E-state index contributed by atoms with van der Waals surface area (Å²) in [7, 11) is 0. The second kappa shape index (κ2) is 3.70. The van der Waals surface area contributed by atoms with Crippen molar-refractivity contribution in [1.29, 1.82) is 0 Å². The molecule has 0 bridgehead atoms. The van der Waals surface area contributed by atoms with Crippen molar-refractivity contribution in [2.24, 2.45) is 0 Å². The summed E-state index contributed by atoms with van der Waals surface area (Å²) in [6.45, 7) is 0.213. The lowest BCUT2D eigenvalue weighted by Gasteiger charge is -2.26. The fourth-order valence-corrected chi connectivity index (χ4v) is 1.50. The number of fused-ring (bicyclic) bond motifs is 1. The van der Waals surface area contributed by atoms with Gasteiger partial charge in [-0.2, -0.15) is 13.2 Å². The summed E-state index contributed by atoms with van der Waals surface area (Å²) in [6.07, 6.45) is -3.83. The van der Waals surface area contributed by atoms with E-state index in [1.807, 2.05) is 0 Å². The van der Waals surface area contributed by atoms with Crippen LogP contribution in [0.15, 0.2) is 18.2 Å². The van der Waals surface area contributed by atoms with E-state index in [1.165, 1.54) is 11.0 Å². The van der Waals surface area contributed by atoms with Crippen LogP contribution in [-0.2, 0) is 17.5 Å². The first-order valence-corrected chi connectivity index (χ1v) is 4.53. The molecule has 0 saturated heterocycles. The van der Waals surface area contributed by atoms with Crippen LogP contribution in [0.4, 0.5) is 13.2 Å². The van der Waals surface area contributed by atoms with Gasteiger partial charge in [-0.25, -0.2) is 0 Å². The normalized spacial score (nSPS) is 15.3. The van der Waals surface area contributed by atoms with Gasteiger partial charge >= 0.3 is 6.18 Å². The number of amides is 1. The Hall–Kier alpha value is -1.72. The van der Waals surface area contributed by atoms with Crippen LogP contribution >= 0.6 is 0 Å². The molecular weight excluding hydrogens is 223 g/mol. The van der Waals surface area contributed by atoms with Crippen molar-refractivity contribution in [3.63, 3.8) is 0 Å². The number of hydrogen-bond donors (Lipinski definition) is 0. The molecule has 1 aromatic rings. The molecule has 0 unspecified atom stereocenters. The number of hydrogen-bond acceptors (Lipinski definition) is 2. The molecule has 0 saturated carbocycles. The van der Waals surface area contributed by atoms with Gasteiger partial charge in [0, 0.05) is 5.56 Å². The van der Waals surface area contributed by atoms with E-state index in [1.54, 1.807) is 0 Å². The SMILES string of the molecule is O=CN1COc2ccc(C(F)(F)F)cc2C1. The molecule has 16 heavy (non-hydrogen) atoms. The first-order valence-electron chi connectivity index (χ1n) is 4.53. The van der Waals surface area contributed by atoms with Crippen molar-refractivity contribution in [1.82, 2.24) is 4.90 Å². The van der Waals surface area contributed by atoms with Gasteiger partial charge in [0.1, 0.15) is 5.75 Å². The summed E-state index contributed by atoms with van der Waals surface area (Å²) in [6, 6.07) is 3.25. The molecular formula is C10H8F3NO2. The third kappa shape index (κ3) is 1.95. The molecule has 1 amide bonds. The van der Waals surface area contributed by atoms with Crippen LogP contribution in [0.25, 0.3) is 0 Å². The first-order chi connectivity index (χ1) is 7.50. The Bertz CT molecular complexity index is 417. The molecule has 1 aliphatic rings. The Labute approximate surface area is 89.4 Å². The summed E-state index contributed by atoms with van der Waals surface area (Å²) >= 11 is 0. The van der Waals surface area contributed by atoms with Crippen LogP contribution in [0.1, 0.15) is 11.1 Å². The number of benzene rings is 1. The summed E-state index contributed by atoms with van der Waals surface area (Å²) in [4.78, 5) is 11.7. The second-order valence-corrected chi connectivity index (χ2v) is 3.45. The van der Waals surface area contributed by atoms with E-state index >= 15 is 0 Å². The zero-order chi connectivity index (χ0) is 11.8. The largest absolute Gasteiger partial charge is 0.473 e. The number of carbonyl (C=O) groups excluding carboxylic acids is 1. The molecule has 0 spiro atoms. The lowest BCUT2D eigenvalue weighted by Crippen LogP contribution is -2.30. The third-order valence-corrected chi connectivity index (χ3v) is 2.30. The van der Waals surface area contributed by atoms with Crippen LogP contribution in [-0.4, -0.2) is 18.0 Å². The number of carbonyl (C=O) groups is 1. The van der Waals surface area contributed by atoms with Gasteiger partial charge in [0.15, 0.2) is 6.73 Å². The minimum absolute atomic E-state index is 0.0713. The highest BCUT2D eigenvalue weighted by Crippen LogP contribution is 2.34. The third-order valence-electron chi connectivity index (χ3n) is 2.30. The maximum atomic E-state index is 12.4. The highest BCUT2D eigenvalue weighted by Gasteiger charge is 2.31. The van der Waals surface area contributed by atoms with Crippen LogP contribution in [0.3, 0.4) is 0 Å². The highest BCUT2D eigenvalue weighted by molar-refractivity contribution is 5.50. The fourth-order valence-electron chi connectivity index (χ4n) is 1.50. The van der Waals surface area contributed by atoms with Crippen molar-refractivity contribution in [2.75, 3.05) is 6.73 Å². The van der Waals surface area contributed by atoms with Crippen molar-refractivity contribution >= 4 is 6.41 Å². The topological polar surface area (TPSA) is 29.5 Å². The molecule has 2 rings (SSSR count). The maximum Gasteiger partial charge on any atom is 0.416 e. The second-order valence-electron chi connectivity index (χ2n) is 3.45. The molecule has 0 aromatic heterocycles. The van der Waals surface area contributed by atoms with E-state index < -0.39 is 11.7 Å². The van der Waals surface area contributed by atoms with E-state index in [4.69, 9.17) is 4.74 Å². The summed E-state index contributed by atoms with van der Waals surface area (Å²) in [5.41, 5.74) is -0.365. The van der Waals surface area contributed by atoms with Crippen molar-refractivity contribution in [3.05, 3.63) is 29.3 Å². The fraction of sp³-hybridized carbons (Fsp3) is 0.300. The monoisotopic (exact) mass is 231 g/mol. The van der Waals surface area contributed by atoms with Gasteiger partial charge in [-0.05, 0) is 18.2 Å². The van der Waals surface area contributed by atoms with E-state index in [9.17, 15) is 18.0 Å². The quantitative estimate of drug-likeness (QED) is 0.692. The van der Waals surface area contributed by atoms with E-state index in [-0.39, 0.29) is 13.3 Å². The molecule has 3 nitrogen and oxygen atoms in total. The minimum atomic E-state index is -4.38. The average molecular weight is 231 g/mol. The van der Waals surface area contributed by atoms with Crippen LogP contribution in [0, 0.1) is 0 Å². The summed E-state index contributed by atoms with van der Waals surface area (Å²) in [5, 5.41) is 0. The van der Waals surface area contributed by atoms with Gasteiger partial charge in [0.2, 0.25) is 6.41 Å². The lowest BCUT2D eigenvalue weighted by molar-refractivity contribution is -0.137. The summed E-state index contributed by atoms with van der Waals surface area (Å²) in [5.74, 6) is 0.395. The Morgan fingerprint density at radius 3 is 2.75 bits per heavy atom. The number of rotatable bonds is 1. The molecule has 6 heteroatoms. The lowest BCUT2D eigenvalue weighted by atomic mass is 10.1. The number of nitrogens with zero attached hydrogens (tertiary/aromatic N) is 1. The molecule has 0 aliphatic carbocycles. The molecule has 0 fully saturated rings. The van der Waals surface area contributed by atoms with Crippen LogP contribution in [0.5, 0.6) is 5.75 Å². The molecule has 1 aromatic carbocycles. The molecule has 86 valence electrons. The minimum Gasteiger partial charge on any atom is -0.473 e. The van der Waals surface area contributed by atoms with Crippen LogP contribution in [0.2, 0.25) is 0 Å². The predicted molar refractivity (Wildman–Crippen MR) is 48.5 cm³/mol. The van der Waals surface area contributed by atoms with Gasteiger partial charge in [0.25, 0.3) is 0 Å². The van der Waals surface area contributed by atoms with Gasteiger partial charge in [-0.15, -0.1) is 0 Å². The Kier molecular flexibility index (Phi) is 2.49. The maximum absolute atomic E-state index is 12.4. The van der Waals surface area contributed by atoms with E-state index in [0.29, 0.717) is 17.7 Å².